The number of hydrogen-bond donors (Lipinski definition) is 2. The van der Waals surface area contributed by atoms with Crippen molar-refractivity contribution >= 4 is 17.7 Å². The Bertz CT molecular complexity index is 451. The molecule has 1 aliphatic rings. The first kappa shape index (κ1) is 19.4. The molecule has 0 spiro atoms. The number of carbonyl (C=O) groups excluding carboxylic acids is 3. The van der Waals surface area contributed by atoms with E-state index in [1.54, 1.807) is 14.1 Å². The first-order valence-electron chi connectivity index (χ1n) is 8.17. The lowest BCUT2D eigenvalue weighted by molar-refractivity contribution is -0.150. The molecule has 7 nitrogen and oxygen atoms in total. The van der Waals surface area contributed by atoms with Gasteiger partial charge in [-0.05, 0) is 32.1 Å². The van der Waals surface area contributed by atoms with E-state index in [9.17, 15) is 19.5 Å². The number of aliphatic hydroxyl groups is 1. The molecule has 2 N–H and O–H groups in total. The maximum Gasteiger partial charge on any atom is 0.251 e. The summed E-state index contributed by atoms with van der Waals surface area (Å²) < 4.78 is 0. The minimum Gasteiger partial charge on any atom is -0.384 e. The number of likely N-dealkylation sites (N-methyl/N-ethyl adjacent to an activating group) is 2. The lowest BCUT2D eigenvalue weighted by Gasteiger charge is -2.33. The monoisotopic (exact) mass is 327 g/mol. The van der Waals surface area contributed by atoms with Crippen molar-refractivity contribution in [1.82, 2.24) is 15.1 Å². The fourth-order valence-corrected chi connectivity index (χ4v) is 2.97. The normalized spacial score (nSPS) is 20.3. The Kier molecular flexibility index (Phi) is 7.00. The third-order valence-electron chi connectivity index (χ3n) is 4.24. The van der Waals surface area contributed by atoms with E-state index in [0.717, 1.165) is 6.42 Å². The Morgan fingerprint density at radius 2 is 1.91 bits per heavy atom. The van der Waals surface area contributed by atoms with Crippen molar-refractivity contribution in [3.8, 4) is 0 Å². The van der Waals surface area contributed by atoms with E-state index in [1.165, 1.54) is 16.7 Å². The van der Waals surface area contributed by atoms with E-state index >= 15 is 0 Å². The van der Waals surface area contributed by atoms with Crippen molar-refractivity contribution in [2.24, 2.45) is 5.92 Å². The second-order valence-corrected chi connectivity index (χ2v) is 6.57. The fraction of sp³-hybridized carbons (Fsp3) is 0.812. The maximum absolute atomic E-state index is 12.8. The van der Waals surface area contributed by atoms with Gasteiger partial charge in [0.1, 0.15) is 18.2 Å². The molecule has 1 rings (SSSR count). The second kappa shape index (κ2) is 8.29. The van der Waals surface area contributed by atoms with Gasteiger partial charge in [0.15, 0.2) is 0 Å². The fourth-order valence-electron chi connectivity index (χ4n) is 2.97. The summed E-state index contributed by atoms with van der Waals surface area (Å²) in [4.78, 5) is 39.8. The summed E-state index contributed by atoms with van der Waals surface area (Å²) in [7, 11) is 3.15. The topological polar surface area (TPSA) is 90.0 Å². The number of likely N-dealkylation sites (tertiary alicyclic amines) is 1. The Labute approximate surface area is 138 Å². The third-order valence-corrected chi connectivity index (χ3v) is 4.24. The van der Waals surface area contributed by atoms with Crippen LogP contribution in [0.1, 0.15) is 40.0 Å². The quantitative estimate of drug-likeness (QED) is 0.717. The first-order valence-corrected chi connectivity index (χ1v) is 8.17. The molecule has 1 aliphatic heterocycles. The summed E-state index contributed by atoms with van der Waals surface area (Å²) in [6, 6.07) is -1.15. The zero-order valence-corrected chi connectivity index (χ0v) is 14.7. The molecule has 23 heavy (non-hydrogen) atoms. The van der Waals surface area contributed by atoms with Gasteiger partial charge < -0.3 is 20.2 Å². The highest BCUT2D eigenvalue weighted by atomic mass is 16.3. The van der Waals surface area contributed by atoms with Crippen LogP contribution in [0.4, 0.5) is 0 Å². The average Bonchev–Trinajstić information content (AvgIpc) is 2.98. The molecule has 3 unspecified atom stereocenters. The van der Waals surface area contributed by atoms with Crippen LogP contribution in [-0.4, -0.2) is 71.5 Å². The van der Waals surface area contributed by atoms with Crippen LogP contribution in [0.2, 0.25) is 0 Å². The van der Waals surface area contributed by atoms with Gasteiger partial charge in [0.05, 0.1) is 0 Å². The van der Waals surface area contributed by atoms with E-state index < -0.39 is 24.1 Å². The van der Waals surface area contributed by atoms with Crippen molar-refractivity contribution in [3.05, 3.63) is 0 Å². The Morgan fingerprint density at radius 3 is 2.39 bits per heavy atom. The van der Waals surface area contributed by atoms with Gasteiger partial charge in [0.2, 0.25) is 11.8 Å². The molecule has 0 saturated carbocycles. The molecule has 7 heteroatoms. The zero-order valence-electron chi connectivity index (χ0n) is 14.7. The summed E-state index contributed by atoms with van der Waals surface area (Å²) in [6.45, 7) is 5.85. The van der Waals surface area contributed by atoms with Gasteiger partial charge in [-0.25, -0.2) is 0 Å². The third kappa shape index (κ3) is 4.67. The summed E-state index contributed by atoms with van der Waals surface area (Å²) in [5, 5.41) is 12.1. The molecule has 0 aromatic heterocycles. The smallest absolute Gasteiger partial charge is 0.251 e. The molecule has 0 aromatic rings. The first-order chi connectivity index (χ1) is 10.7. The number of hydrogen-bond acceptors (Lipinski definition) is 4. The van der Waals surface area contributed by atoms with E-state index in [-0.39, 0.29) is 17.7 Å². The summed E-state index contributed by atoms with van der Waals surface area (Å²) in [5.41, 5.74) is 0. The van der Waals surface area contributed by atoms with Crippen LogP contribution in [0, 0.1) is 5.92 Å². The van der Waals surface area contributed by atoms with Gasteiger partial charge in [-0.3, -0.25) is 14.4 Å². The number of amides is 3. The Balaban J connectivity index is 2.91. The van der Waals surface area contributed by atoms with Crippen molar-refractivity contribution in [3.63, 3.8) is 0 Å². The van der Waals surface area contributed by atoms with Crippen LogP contribution in [0.25, 0.3) is 0 Å². The average molecular weight is 327 g/mol. The molecule has 3 atom stereocenters. The second-order valence-electron chi connectivity index (χ2n) is 6.57. The molecule has 132 valence electrons. The van der Waals surface area contributed by atoms with E-state index in [4.69, 9.17) is 0 Å². The van der Waals surface area contributed by atoms with Gasteiger partial charge in [-0.15, -0.1) is 0 Å². The molecule has 3 amide bonds. The lowest BCUT2D eigenvalue weighted by Crippen LogP contribution is -2.54. The van der Waals surface area contributed by atoms with Crippen LogP contribution in [0.3, 0.4) is 0 Å². The number of aliphatic hydroxyl groups excluding tert-OH is 1. The lowest BCUT2D eigenvalue weighted by atomic mass is 10.0. The standard InChI is InChI=1S/C16H29N3O4/c1-10(2)9-13(14(21)17-4)18(5)16(23)12-7-6-8-19(12)15(22)11(3)20/h10-13,20H,6-9H2,1-5H3,(H,17,21). The number of nitrogens with one attached hydrogen (secondary N) is 1. The van der Waals surface area contributed by atoms with Gasteiger partial charge in [0.25, 0.3) is 5.91 Å². The molecular formula is C16H29N3O4. The molecular weight excluding hydrogens is 298 g/mol. The SMILES string of the molecule is CNC(=O)C(CC(C)C)N(C)C(=O)C1CCCN1C(=O)C(C)O. The number of nitrogens with zero attached hydrogens (tertiary/aromatic N) is 2. The summed E-state index contributed by atoms with van der Waals surface area (Å²) >= 11 is 0. The van der Waals surface area contributed by atoms with Gasteiger partial charge in [-0.1, -0.05) is 13.8 Å². The Morgan fingerprint density at radius 1 is 1.30 bits per heavy atom. The minimum atomic E-state index is -1.13. The van der Waals surface area contributed by atoms with Crippen molar-refractivity contribution in [2.45, 2.75) is 58.2 Å². The minimum absolute atomic E-state index is 0.207. The zero-order chi connectivity index (χ0) is 17.7. The van der Waals surface area contributed by atoms with Gasteiger partial charge in [0, 0.05) is 20.6 Å². The summed E-state index contributed by atoms with van der Waals surface area (Å²) in [5.74, 6) is -0.632. The summed E-state index contributed by atoms with van der Waals surface area (Å²) in [6.07, 6.45) is 0.708. The number of carbonyl (C=O) groups is 3. The van der Waals surface area contributed by atoms with Crippen molar-refractivity contribution in [1.29, 1.82) is 0 Å². The predicted molar refractivity (Wildman–Crippen MR) is 86.5 cm³/mol. The molecule has 1 heterocycles. The Hall–Kier alpha value is -1.63. The van der Waals surface area contributed by atoms with Crippen LogP contribution in [-0.2, 0) is 14.4 Å². The van der Waals surface area contributed by atoms with Crippen molar-refractivity contribution in [2.75, 3.05) is 20.6 Å². The van der Waals surface area contributed by atoms with Gasteiger partial charge in [-0.2, -0.15) is 0 Å². The highest BCUT2D eigenvalue weighted by molar-refractivity contribution is 5.93. The van der Waals surface area contributed by atoms with Crippen LogP contribution in [0.5, 0.6) is 0 Å². The predicted octanol–water partition coefficient (Wildman–Crippen LogP) is -0.0227. The van der Waals surface area contributed by atoms with Crippen molar-refractivity contribution < 1.29 is 19.5 Å². The van der Waals surface area contributed by atoms with E-state index in [0.29, 0.717) is 19.4 Å². The molecule has 0 aromatic carbocycles. The molecule has 0 bridgehead atoms. The molecule has 0 aliphatic carbocycles. The van der Waals surface area contributed by atoms with E-state index in [2.05, 4.69) is 5.32 Å². The maximum atomic E-state index is 12.8. The molecule has 1 saturated heterocycles. The van der Waals surface area contributed by atoms with E-state index in [1.807, 2.05) is 13.8 Å². The van der Waals surface area contributed by atoms with Gasteiger partial charge >= 0.3 is 0 Å². The van der Waals surface area contributed by atoms with Crippen LogP contribution >= 0.6 is 0 Å². The molecule has 0 radical (unpaired) electrons. The largest absolute Gasteiger partial charge is 0.384 e. The van der Waals surface area contributed by atoms with Crippen LogP contribution < -0.4 is 5.32 Å². The van der Waals surface area contributed by atoms with Crippen LogP contribution in [0.15, 0.2) is 0 Å². The number of rotatable bonds is 6. The molecule has 1 fully saturated rings. The highest BCUT2D eigenvalue weighted by Gasteiger charge is 2.39. The highest BCUT2D eigenvalue weighted by Crippen LogP contribution is 2.22.